The molecular formula is C12H12BrFN2S. The van der Waals surface area contributed by atoms with Gasteiger partial charge in [0, 0.05) is 0 Å². The average Bonchev–Trinajstić information content (AvgIpc) is 2.82. The van der Waals surface area contributed by atoms with Crippen molar-refractivity contribution < 1.29 is 4.39 Å². The van der Waals surface area contributed by atoms with E-state index in [-0.39, 0.29) is 11.9 Å². The van der Waals surface area contributed by atoms with Crippen molar-refractivity contribution in [1.29, 1.82) is 0 Å². The summed E-state index contributed by atoms with van der Waals surface area (Å²) in [5, 5.41) is 4.09. The quantitative estimate of drug-likeness (QED) is 0.670. The number of hydrogen-bond acceptors (Lipinski definition) is 3. The molecule has 1 heterocycles. The summed E-state index contributed by atoms with van der Waals surface area (Å²) < 4.78 is 13.9. The van der Waals surface area contributed by atoms with E-state index >= 15 is 0 Å². The van der Waals surface area contributed by atoms with Crippen LogP contribution in [-0.4, -0.2) is 0 Å². The predicted molar refractivity (Wildman–Crippen MR) is 72.2 cm³/mol. The number of nitrogens with one attached hydrogen (secondary N) is 1. The third-order valence-corrected chi connectivity index (χ3v) is 3.94. The largest absolute Gasteiger partial charge is 0.271 e. The van der Waals surface area contributed by atoms with Crippen molar-refractivity contribution in [3.8, 4) is 0 Å². The Morgan fingerprint density at radius 3 is 2.82 bits per heavy atom. The molecule has 1 atom stereocenters. The molecule has 0 bridgehead atoms. The molecule has 2 rings (SSSR count). The first kappa shape index (κ1) is 12.7. The minimum atomic E-state index is -0.270. The molecule has 1 aromatic heterocycles. The van der Waals surface area contributed by atoms with Gasteiger partial charge in [0.15, 0.2) is 0 Å². The maximum Gasteiger partial charge on any atom is 0.137 e. The van der Waals surface area contributed by atoms with E-state index in [2.05, 4.69) is 26.7 Å². The van der Waals surface area contributed by atoms with Gasteiger partial charge < -0.3 is 0 Å². The van der Waals surface area contributed by atoms with Gasteiger partial charge in [0.1, 0.15) is 5.82 Å². The fraction of sp³-hybridized carbons (Fsp3) is 0.167. The van der Waals surface area contributed by atoms with Crippen molar-refractivity contribution in [2.75, 3.05) is 0 Å². The number of hydrogen-bond donors (Lipinski definition) is 2. The van der Waals surface area contributed by atoms with E-state index in [9.17, 15) is 4.39 Å². The lowest BCUT2D eigenvalue weighted by atomic mass is 10.0. The normalized spacial score (nSPS) is 12.6. The summed E-state index contributed by atoms with van der Waals surface area (Å²) in [6.07, 6.45) is 0.751. The van der Waals surface area contributed by atoms with Crippen LogP contribution in [0.15, 0.2) is 39.5 Å². The molecule has 0 aliphatic heterocycles. The van der Waals surface area contributed by atoms with Gasteiger partial charge in [0.2, 0.25) is 0 Å². The molecule has 0 amide bonds. The maximum atomic E-state index is 13.4. The second-order valence-electron chi connectivity index (χ2n) is 3.73. The lowest BCUT2D eigenvalue weighted by molar-refractivity contribution is 0.544. The Morgan fingerprint density at radius 2 is 2.24 bits per heavy atom. The molecule has 90 valence electrons. The molecule has 1 aromatic carbocycles. The van der Waals surface area contributed by atoms with E-state index in [0.29, 0.717) is 4.47 Å². The highest BCUT2D eigenvalue weighted by atomic mass is 79.9. The molecule has 0 fully saturated rings. The molecule has 2 aromatic rings. The Labute approximate surface area is 112 Å². The van der Waals surface area contributed by atoms with Gasteiger partial charge in [-0.25, -0.2) is 4.39 Å². The first-order valence-electron chi connectivity index (χ1n) is 5.13. The Morgan fingerprint density at radius 1 is 1.41 bits per heavy atom. The Kier molecular flexibility index (Phi) is 4.28. The van der Waals surface area contributed by atoms with Gasteiger partial charge in [-0.3, -0.25) is 11.3 Å². The fourth-order valence-electron chi connectivity index (χ4n) is 1.65. The number of benzene rings is 1. The van der Waals surface area contributed by atoms with Gasteiger partial charge in [-0.2, -0.15) is 11.3 Å². The van der Waals surface area contributed by atoms with Gasteiger partial charge in [-0.05, 0) is 62.4 Å². The number of hydrazine groups is 1. The molecule has 2 nitrogen and oxygen atoms in total. The van der Waals surface area contributed by atoms with Crippen LogP contribution in [0.25, 0.3) is 0 Å². The zero-order chi connectivity index (χ0) is 12.3. The van der Waals surface area contributed by atoms with E-state index in [1.54, 1.807) is 17.4 Å². The molecule has 0 saturated heterocycles. The van der Waals surface area contributed by atoms with E-state index in [0.717, 1.165) is 12.0 Å². The fourth-order valence-corrected chi connectivity index (χ4v) is 2.57. The highest BCUT2D eigenvalue weighted by Gasteiger charge is 2.12. The van der Waals surface area contributed by atoms with Crippen molar-refractivity contribution in [2.45, 2.75) is 12.5 Å². The molecule has 0 aliphatic rings. The van der Waals surface area contributed by atoms with Crippen LogP contribution < -0.4 is 11.3 Å². The van der Waals surface area contributed by atoms with Crippen molar-refractivity contribution in [3.05, 3.63) is 56.4 Å². The maximum absolute atomic E-state index is 13.4. The van der Waals surface area contributed by atoms with E-state index in [4.69, 9.17) is 5.84 Å². The van der Waals surface area contributed by atoms with Gasteiger partial charge in [0.25, 0.3) is 0 Å². The van der Waals surface area contributed by atoms with Gasteiger partial charge in [-0.15, -0.1) is 0 Å². The highest BCUT2D eigenvalue weighted by molar-refractivity contribution is 9.10. The lowest BCUT2D eigenvalue weighted by Gasteiger charge is -2.16. The molecule has 5 heteroatoms. The van der Waals surface area contributed by atoms with Crippen LogP contribution in [0.4, 0.5) is 4.39 Å². The van der Waals surface area contributed by atoms with Crippen LogP contribution in [0.2, 0.25) is 0 Å². The van der Waals surface area contributed by atoms with Crippen LogP contribution >= 0.6 is 27.3 Å². The second-order valence-corrected chi connectivity index (χ2v) is 5.36. The minimum absolute atomic E-state index is 0.0767. The molecule has 0 radical (unpaired) electrons. The Balaban J connectivity index is 2.20. The lowest BCUT2D eigenvalue weighted by Crippen LogP contribution is -2.29. The second kappa shape index (κ2) is 5.73. The molecule has 1 unspecified atom stereocenters. The van der Waals surface area contributed by atoms with Crippen molar-refractivity contribution in [3.63, 3.8) is 0 Å². The summed E-state index contributed by atoms with van der Waals surface area (Å²) in [4.78, 5) is 0. The number of rotatable bonds is 4. The highest BCUT2D eigenvalue weighted by Crippen LogP contribution is 2.23. The molecule has 17 heavy (non-hydrogen) atoms. The van der Waals surface area contributed by atoms with E-state index in [1.165, 1.54) is 11.6 Å². The topological polar surface area (TPSA) is 38.0 Å². The summed E-state index contributed by atoms with van der Waals surface area (Å²) >= 11 is 4.78. The third kappa shape index (κ3) is 3.13. The molecule has 0 aliphatic carbocycles. The Hall–Kier alpha value is -0.750. The number of halogens is 2. The zero-order valence-electron chi connectivity index (χ0n) is 8.99. The van der Waals surface area contributed by atoms with Crippen molar-refractivity contribution >= 4 is 27.3 Å². The third-order valence-electron chi connectivity index (χ3n) is 2.57. The van der Waals surface area contributed by atoms with Gasteiger partial charge >= 0.3 is 0 Å². The average molecular weight is 315 g/mol. The smallest absolute Gasteiger partial charge is 0.137 e. The molecule has 0 spiro atoms. The van der Waals surface area contributed by atoms with E-state index < -0.39 is 0 Å². The Bertz CT molecular complexity index is 487. The van der Waals surface area contributed by atoms with E-state index in [1.807, 2.05) is 17.5 Å². The minimum Gasteiger partial charge on any atom is -0.271 e. The van der Waals surface area contributed by atoms with Crippen LogP contribution in [0.5, 0.6) is 0 Å². The van der Waals surface area contributed by atoms with Crippen LogP contribution in [0, 0.1) is 5.82 Å². The van der Waals surface area contributed by atoms with Gasteiger partial charge in [-0.1, -0.05) is 6.07 Å². The van der Waals surface area contributed by atoms with Gasteiger partial charge in [0.05, 0.1) is 10.5 Å². The SMILES string of the molecule is NNC(Cc1ccsc1)c1ccc(Br)c(F)c1. The zero-order valence-corrected chi connectivity index (χ0v) is 11.4. The van der Waals surface area contributed by atoms with Crippen molar-refractivity contribution in [2.24, 2.45) is 5.84 Å². The number of nitrogens with two attached hydrogens (primary N) is 1. The standard InChI is InChI=1S/C12H12BrFN2S/c13-10-2-1-9(6-11(10)14)12(16-15)5-8-3-4-17-7-8/h1-4,6-7,12,16H,5,15H2. The summed E-state index contributed by atoms with van der Waals surface area (Å²) in [5.74, 6) is 5.26. The monoisotopic (exact) mass is 314 g/mol. The van der Waals surface area contributed by atoms with Crippen LogP contribution in [0.3, 0.4) is 0 Å². The molecule has 3 N–H and O–H groups in total. The van der Waals surface area contributed by atoms with Crippen LogP contribution in [0.1, 0.15) is 17.2 Å². The predicted octanol–water partition coefficient (Wildman–Crippen LogP) is 3.40. The first-order valence-corrected chi connectivity index (χ1v) is 6.86. The number of thiophene rings is 1. The summed E-state index contributed by atoms with van der Waals surface area (Å²) in [6, 6.07) is 7.03. The summed E-state index contributed by atoms with van der Waals surface area (Å²) in [6.45, 7) is 0. The molecule has 0 saturated carbocycles. The van der Waals surface area contributed by atoms with Crippen molar-refractivity contribution in [1.82, 2.24) is 5.43 Å². The summed E-state index contributed by atoms with van der Waals surface area (Å²) in [7, 11) is 0. The molecular weight excluding hydrogens is 303 g/mol. The summed E-state index contributed by atoms with van der Waals surface area (Å²) in [5.41, 5.74) is 4.77. The van der Waals surface area contributed by atoms with Crippen LogP contribution in [-0.2, 0) is 6.42 Å². The first-order chi connectivity index (χ1) is 8.20.